The molecule has 25 heavy (non-hydrogen) atoms. The maximum absolute atomic E-state index is 2.44. The Hall–Kier alpha value is 1.29. The highest BCUT2D eigenvalue weighted by Gasteiger charge is 2.06. The molecule has 0 aromatic heterocycles. The van der Waals surface area contributed by atoms with E-state index in [1.807, 2.05) is 0 Å². The Kier molecular flexibility index (Phi) is 21.1. The van der Waals surface area contributed by atoms with E-state index >= 15 is 0 Å². The van der Waals surface area contributed by atoms with Crippen molar-refractivity contribution in [2.45, 2.75) is 86.0 Å². The zero-order chi connectivity index (χ0) is 18.8. The third kappa shape index (κ3) is 16.0. The van der Waals surface area contributed by atoms with E-state index in [4.69, 9.17) is 0 Å². The van der Waals surface area contributed by atoms with Crippen molar-refractivity contribution in [3.05, 3.63) is 0 Å². The van der Waals surface area contributed by atoms with Crippen LogP contribution in [0.2, 0.25) is 0 Å². The third-order valence-electron chi connectivity index (χ3n) is 5.63. The van der Waals surface area contributed by atoms with E-state index < -0.39 is 0 Å². The maximum Gasteiger partial charge on any atom is -0.0326 e. The fraction of sp³-hybridized carbons (Fsp3) is 1.00. The summed E-state index contributed by atoms with van der Waals surface area (Å²) in [7, 11) is 1.16. The van der Waals surface area contributed by atoms with Gasteiger partial charge < -0.3 is 0 Å². The van der Waals surface area contributed by atoms with Gasteiger partial charge in [0.25, 0.3) is 0 Å². The van der Waals surface area contributed by atoms with Gasteiger partial charge in [-0.1, -0.05) is 60.3 Å². The second-order valence-corrected chi connectivity index (χ2v) is 16.3. The van der Waals surface area contributed by atoms with Crippen LogP contribution in [-0.2, 0) is 0 Å². The van der Waals surface area contributed by atoms with Crippen LogP contribution in [-0.4, -0.2) is 55.5 Å². The molecule has 0 N–H and O–H groups in total. The van der Waals surface area contributed by atoms with Crippen LogP contribution in [0.15, 0.2) is 0 Å². The van der Waals surface area contributed by atoms with Crippen molar-refractivity contribution in [3.63, 3.8) is 0 Å². The van der Waals surface area contributed by atoms with Crippen LogP contribution in [0.4, 0.5) is 0 Å². The average Bonchev–Trinajstić information content (AvgIpc) is 2.65. The topological polar surface area (TPSA) is 0 Å². The molecule has 0 aliphatic carbocycles. The van der Waals surface area contributed by atoms with Gasteiger partial charge in [-0.25, -0.2) is 0 Å². The molecular formula is C22H49P3. The van der Waals surface area contributed by atoms with Gasteiger partial charge in [0, 0.05) is 0 Å². The Labute approximate surface area is 165 Å². The summed E-state index contributed by atoms with van der Waals surface area (Å²) in [6.07, 6.45) is 25.6. The molecule has 0 aromatic rings. The van der Waals surface area contributed by atoms with Crippen molar-refractivity contribution in [2.24, 2.45) is 0 Å². The number of hydrogen-bond acceptors (Lipinski definition) is 0. The zero-order valence-corrected chi connectivity index (χ0v) is 21.0. The molecule has 0 aromatic carbocycles. The van der Waals surface area contributed by atoms with Crippen molar-refractivity contribution >= 4 is 23.8 Å². The lowest BCUT2D eigenvalue weighted by atomic mass is 10.2. The van der Waals surface area contributed by atoms with Gasteiger partial charge in [-0.3, -0.25) is 0 Å². The normalized spacial score (nSPS) is 12.0. The molecular weight excluding hydrogens is 357 g/mol. The van der Waals surface area contributed by atoms with E-state index in [2.05, 4.69) is 34.6 Å². The fourth-order valence-corrected chi connectivity index (χ4v) is 9.26. The monoisotopic (exact) mass is 406 g/mol. The lowest BCUT2D eigenvalue weighted by Crippen LogP contribution is -1.96. The summed E-state index contributed by atoms with van der Waals surface area (Å²) in [6.45, 7) is 12.0. The summed E-state index contributed by atoms with van der Waals surface area (Å²) in [5, 5.41) is 0. The molecule has 0 aliphatic heterocycles. The lowest BCUT2D eigenvalue weighted by molar-refractivity contribution is 0.698. The molecule has 0 bridgehead atoms. The minimum atomic E-state index is 0.371. The summed E-state index contributed by atoms with van der Waals surface area (Å²) in [5.74, 6) is 0. The molecule has 0 amide bonds. The van der Waals surface area contributed by atoms with Crippen LogP contribution in [0.25, 0.3) is 0 Å². The Morgan fingerprint density at radius 2 is 0.560 bits per heavy atom. The van der Waals surface area contributed by atoms with Crippen LogP contribution in [0.3, 0.4) is 0 Å². The zero-order valence-electron chi connectivity index (χ0n) is 18.4. The molecule has 0 rings (SSSR count). The Morgan fingerprint density at radius 3 is 0.800 bits per heavy atom. The van der Waals surface area contributed by atoms with Crippen LogP contribution in [0.5, 0.6) is 0 Å². The quantitative estimate of drug-likeness (QED) is 0.149. The number of rotatable bonds is 19. The van der Waals surface area contributed by atoms with E-state index in [0.717, 1.165) is 0 Å². The van der Waals surface area contributed by atoms with Crippen molar-refractivity contribution in [1.29, 1.82) is 0 Å². The summed E-state index contributed by atoms with van der Waals surface area (Å²) < 4.78 is 0. The predicted octanol–water partition coefficient (Wildman–Crippen LogP) is 8.65. The van der Waals surface area contributed by atoms with Crippen molar-refractivity contribution < 1.29 is 0 Å². The minimum Gasteiger partial charge on any atom is -0.107 e. The molecule has 0 atom stereocenters. The van der Waals surface area contributed by atoms with E-state index in [0.29, 0.717) is 23.8 Å². The third-order valence-corrected chi connectivity index (χ3v) is 13.9. The second kappa shape index (κ2) is 20.0. The number of unbranched alkanes of at least 4 members (excludes halogenated alkanes) is 6. The van der Waals surface area contributed by atoms with Crippen LogP contribution < -0.4 is 0 Å². The molecule has 0 unspecified atom stereocenters. The first-order valence-electron chi connectivity index (χ1n) is 11.4. The van der Waals surface area contributed by atoms with Gasteiger partial charge in [-0.15, -0.1) is 23.8 Å². The van der Waals surface area contributed by atoms with Gasteiger partial charge in [-0.05, 0) is 81.1 Å². The minimum absolute atomic E-state index is 0.371. The molecule has 0 heterocycles. The highest BCUT2D eigenvalue weighted by Crippen LogP contribution is 2.39. The molecule has 0 nitrogen and oxygen atoms in total. The van der Waals surface area contributed by atoms with Crippen LogP contribution >= 0.6 is 23.8 Å². The first-order chi connectivity index (χ1) is 12.2. The van der Waals surface area contributed by atoms with Gasteiger partial charge >= 0.3 is 0 Å². The molecule has 0 aliphatic rings. The van der Waals surface area contributed by atoms with Gasteiger partial charge in [-0.2, -0.15) is 0 Å². The second-order valence-electron chi connectivity index (χ2n) is 7.32. The molecule has 0 saturated heterocycles. The Morgan fingerprint density at radius 1 is 0.320 bits per heavy atom. The molecule has 152 valence electrons. The lowest BCUT2D eigenvalue weighted by Gasteiger charge is -2.16. The van der Waals surface area contributed by atoms with Gasteiger partial charge in [0.2, 0.25) is 0 Å². The first-order valence-corrected chi connectivity index (χ1v) is 17.1. The van der Waals surface area contributed by atoms with Crippen LogP contribution in [0, 0.1) is 0 Å². The van der Waals surface area contributed by atoms with E-state index in [1.54, 1.807) is 24.6 Å². The number of hydrogen-bond donors (Lipinski definition) is 0. The molecule has 3 heteroatoms. The molecule has 0 radical (unpaired) electrons. The first kappa shape index (κ1) is 26.3. The summed E-state index contributed by atoms with van der Waals surface area (Å²) in [6, 6.07) is 0. The molecule has 0 fully saturated rings. The van der Waals surface area contributed by atoms with Crippen molar-refractivity contribution in [2.75, 3.05) is 55.5 Å². The summed E-state index contributed by atoms with van der Waals surface area (Å²) >= 11 is 0. The van der Waals surface area contributed by atoms with E-state index in [9.17, 15) is 0 Å². The maximum atomic E-state index is 2.44. The average molecular weight is 407 g/mol. The molecule has 0 spiro atoms. The van der Waals surface area contributed by atoms with Crippen molar-refractivity contribution in [1.82, 2.24) is 0 Å². The predicted molar refractivity (Wildman–Crippen MR) is 130 cm³/mol. The Bertz CT molecular complexity index is 226. The Balaban J connectivity index is 3.50. The van der Waals surface area contributed by atoms with Crippen LogP contribution in [0.1, 0.15) is 86.0 Å². The fourth-order valence-electron chi connectivity index (χ4n) is 3.56. The highest BCUT2D eigenvalue weighted by atomic mass is 31.1. The largest absolute Gasteiger partial charge is 0.107 e. The van der Waals surface area contributed by atoms with E-state index in [1.165, 1.54) is 82.2 Å². The van der Waals surface area contributed by atoms with Gasteiger partial charge in [0.05, 0.1) is 0 Å². The highest BCUT2D eigenvalue weighted by molar-refractivity contribution is 7.58. The van der Waals surface area contributed by atoms with Crippen molar-refractivity contribution in [3.8, 4) is 0 Å². The standard InChI is InChI=1S/C22H49P3/c1-6-23(7-2)19-15-11-13-17-21-25(10-5)22-18-14-12-16-20-24(8-3)9-4/h6-22H2,1-5H3. The van der Waals surface area contributed by atoms with Gasteiger partial charge in [0.1, 0.15) is 0 Å². The molecule has 0 saturated carbocycles. The SMILES string of the molecule is CCP(CC)CCCCCCP(CC)CCCCCCP(CC)CC. The van der Waals surface area contributed by atoms with E-state index in [-0.39, 0.29) is 0 Å². The smallest absolute Gasteiger partial charge is 0.0326 e. The summed E-state index contributed by atoms with van der Waals surface area (Å²) in [5.41, 5.74) is 0. The summed E-state index contributed by atoms with van der Waals surface area (Å²) in [4.78, 5) is 0. The van der Waals surface area contributed by atoms with Gasteiger partial charge in [0.15, 0.2) is 0 Å².